The van der Waals surface area contributed by atoms with Gasteiger partial charge in [-0.15, -0.1) is 0 Å². The van der Waals surface area contributed by atoms with Crippen LogP contribution in [0.15, 0.2) is 84.9 Å². The van der Waals surface area contributed by atoms with E-state index in [2.05, 4.69) is 5.32 Å². The lowest BCUT2D eigenvalue weighted by atomic mass is 9.87. The molecule has 0 spiro atoms. The number of ether oxygens (including phenoxy) is 3. The average molecular weight is 659 g/mol. The third-order valence-corrected chi connectivity index (χ3v) is 9.23. The molecule has 250 valence electrons. The number of benzene rings is 4. The average Bonchev–Trinajstić information content (AvgIpc) is 3.39. The zero-order valence-electron chi connectivity index (χ0n) is 27.7. The number of fused-ring (bicyclic) bond motifs is 6. The molecule has 1 atom stereocenters. The number of nitrogens with one attached hydrogen (secondary N) is 1. The van der Waals surface area contributed by atoms with Crippen LogP contribution in [-0.4, -0.2) is 58.4 Å². The molecule has 3 aliphatic rings. The second-order valence-electron chi connectivity index (χ2n) is 12.3. The molecule has 1 aromatic heterocycles. The van der Waals surface area contributed by atoms with Gasteiger partial charge in [0.15, 0.2) is 11.5 Å². The third-order valence-electron chi connectivity index (χ3n) is 9.23. The van der Waals surface area contributed by atoms with E-state index in [4.69, 9.17) is 19.3 Å². The van der Waals surface area contributed by atoms with Crippen LogP contribution in [0, 0.1) is 13.8 Å². The van der Waals surface area contributed by atoms with Crippen LogP contribution >= 0.6 is 0 Å². The molecule has 1 unspecified atom stereocenters. The predicted octanol–water partition coefficient (Wildman–Crippen LogP) is 6.22. The van der Waals surface area contributed by atoms with Gasteiger partial charge in [-0.1, -0.05) is 30.3 Å². The summed E-state index contributed by atoms with van der Waals surface area (Å²) >= 11 is 0. The van der Waals surface area contributed by atoms with Gasteiger partial charge in [-0.05, 0) is 98.0 Å². The Kier molecular flexibility index (Phi) is 8.69. The van der Waals surface area contributed by atoms with Crippen LogP contribution in [-0.2, 0) is 17.6 Å². The van der Waals surface area contributed by atoms with E-state index < -0.39 is 11.9 Å². The predicted molar refractivity (Wildman–Crippen MR) is 184 cm³/mol. The molecule has 3 aliphatic heterocycles. The van der Waals surface area contributed by atoms with Crippen molar-refractivity contribution in [3.63, 3.8) is 0 Å². The number of hydrogen-bond donors (Lipinski definition) is 2. The Balaban J connectivity index is 1.29. The summed E-state index contributed by atoms with van der Waals surface area (Å²) < 4.78 is 20.1. The van der Waals surface area contributed by atoms with Crippen LogP contribution in [0.25, 0.3) is 5.69 Å². The molecule has 0 aliphatic carbocycles. The van der Waals surface area contributed by atoms with E-state index in [-0.39, 0.29) is 23.6 Å². The van der Waals surface area contributed by atoms with E-state index in [0.717, 1.165) is 39.3 Å². The number of phenolic OH excluding ortho intramolecular Hbond substituents is 1. The SMILES string of the molecule is COc1cc2c3cc1Oc1ccc(O)c(c1)C(=O)NCCCOc1cccc(c1)C2N(C(=O)Cc1c(C)nn(-c2ccccc2)c1C)CC3. The molecule has 10 nitrogen and oxygen atoms in total. The Labute approximate surface area is 284 Å². The molecule has 4 aromatic carbocycles. The van der Waals surface area contributed by atoms with Crippen LogP contribution < -0.4 is 19.5 Å². The van der Waals surface area contributed by atoms with Gasteiger partial charge in [-0.25, -0.2) is 4.68 Å². The fourth-order valence-corrected chi connectivity index (χ4v) is 6.72. The van der Waals surface area contributed by atoms with E-state index in [1.165, 1.54) is 12.1 Å². The molecule has 10 heteroatoms. The maximum atomic E-state index is 14.4. The first-order valence-corrected chi connectivity index (χ1v) is 16.4. The molecule has 4 heterocycles. The molecule has 5 aromatic rings. The molecule has 0 saturated heterocycles. The molecule has 0 saturated carbocycles. The van der Waals surface area contributed by atoms with Crippen molar-refractivity contribution in [3.05, 3.63) is 124 Å². The first kappa shape index (κ1) is 31.8. The lowest BCUT2D eigenvalue weighted by molar-refractivity contribution is -0.132. The van der Waals surface area contributed by atoms with Crippen LogP contribution in [0.5, 0.6) is 28.7 Å². The highest BCUT2D eigenvalue weighted by Crippen LogP contribution is 2.43. The standard InChI is InChI=1S/C39H38N4O6/c1-24-31(25(2)43(41-24)28-10-5-4-6-11-28)23-37(45)42-17-15-26-20-36-35(47-3)22-32(26)38(42)27-9-7-12-29(19-27)48-18-8-16-40-39(46)33-21-30(49-36)13-14-34(33)44/h4-7,9-14,19-22,38,44H,8,15-18,23H2,1-3H3,(H,40,46). The summed E-state index contributed by atoms with van der Waals surface area (Å²) in [5, 5.41) is 18.1. The molecule has 2 N–H and O–H groups in total. The third kappa shape index (κ3) is 6.29. The summed E-state index contributed by atoms with van der Waals surface area (Å²) in [5.41, 5.74) is 6.59. The van der Waals surface area contributed by atoms with Gasteiger partial charge in [0.25, 0.3) is 5.91 Å². The number of rotatable bonds is 4. The number of phenols is 1. The summed E-state index contributed by atoms with van der Waals surface area (Å²) in [4.78, 5) is 29.3. The maximum Gasteiger partial charge on any atom is 0.255 e. The largest absolute Gasteiger partial charge is 0.507 e. The number of para-hydroxylation sites is 1. The normalized spacial score (nSPS) is 15.8. The van der Waals surface area contributed by atoms with Gasteiger partial charge in [-0.2, -0.15) is 5.10 Å². The lowest BCUT2D eigenvalue weighted by Crippen LogP contribution is -2.41. The van der Waals surface area contributed by atoms with Crippen molar-refractivity contribution in [2.24, 2.45) is 0 Å². The highest BCUT2D eigenvalue weighted by Gasteiger charge is 2.34. The lowest BCUT2D eigenvalue weighted by Gasteiger charge is -2.38. The second-order valence-corrected chi connectivity index (χ2v) is 12.3. The quantitative estimate of drug-likeness (QED) is 0.236. The van der Waals surface area contributed by atoms with Gasteiger partial charge in [0.05, 0.1) is 43.1 Å². The second kappa shape index (κ2) is 13.4. The van der Waals surface area contributed by atoms with Gasteiger partial charge >= 0.3 is 0 Å². The van der Waals surface area contributed by atoms with Gasteiger partial charge in [0.2, 0.25) is 5.91 Å². The Morgan fingerprint density at radius 1 is 1.02 bits per heavy atom. The number of nitrogens with zero attached hydrogens (tertiary/aromatic N) is 3. The molecule has 8 bridgehead atoms. The van der Waals surface area contributed by atoms with Gasteiger partial charge in [0, 0.05) is 24.3 Å². The van der Waals surface area contributed by atoms with E-state index >= 15 is 0 Å². The first-order valence-electron chi connectivity index (χ1n) is 16.4. The van der Waals surface area contributed by atoms with E-state index in [0.29, 0.717) is 55.5 Å². The maximum absolute atomic E-state index is 14.4. The number of aromatic hydroxyl groups is 1. The van der Waals surface area contributed by atoms with E-state index in [9.17, 15) is 14.7 Å². The van der Waals surface area contributed by atoms with E-state index in [1.807, 2.05) is 90.2 Å². The van der Waals surface area contributed by atoms with E-state index in [1.54, 1.807) is 13.2 Å². The van der Waals surface area contributed by atoms with Crippen LogP contribution in [0.4, 0.5) is 0 Å². The molecule has 8 rings (SSSR count). The van der Waals surface area contributed by atoms with Crippen molar-refractivity contribution >= 4 is 11.8 Å². The summed E-state index contributed by atoms with van der Waals surface area (Å²) in [5.74, 6) is 1.43. The van der Waals surface area contributed by atoms with Crippen molar-refractivity contribution in [1.29, 1.82) is 0 Å². The first-order chi connectivity index (χ1) is 23.8. The summed E-state index contributed by atoms with van der Waals surface area (Å²) in [6.07, 6.45) is 1.36. The molecule has 2 amide bonds. The Morgan fingerprint density at radius 2 is 1.86 bits per heavy atom. The van der Waals surface area contributed by atoms with Crippen molar-refractivity contribution in [2.75, 3.05) is 26.8 Å². The minimum atomic E-state index is -0.411. The minimum Gasteiger partial charge on any atom is -0.507 e. The van der Waals surface area contributed by atoms with Crippen molar-refractivity contribution in [1.82, 2.24) is 20.0 Å². The van der Waals surface area contributed by atoms with Crippen LogP contribution in [0.2, 0.25) is 0 Å². The smallest absolute Gasteiger partial charge is 0.255 e. The number of amides is 2. The topological polar surface area (TPSA) is 115 Å². The number of carbonyl (C=O) groups excluding carboxylic acids is 2. The van der Waals surface area contributed by atoms with Gasteiger partial charge in [-0.3, -0.25) is 9.59 Å². The Hall–Kier alpha value is -5.77. The summed E-state index contributed by atoms with van der Waals surface area (Å²) in [6, 6.07) is 25.8. The summed E-state index contributed by atoms with van der Waals surface area (Å²) in [6.45, 7) is 5.16. The Morgan fingerprint density at radius 3 is 2.67 bits per heavy atom. The van der Waals surface area contributed by atoms with Crippen molar-refractivity contribution in [3.8, 4) is 34.4 Å². The Bertz CT molecular complexity index is 2040. The number of methoxy groups -OCH3 is 1. The number of hydrogen-bond acceptors (Lipinski definition) is 7. The number of aryl methyl sites for hydroxylation is 1. The number of aromatic nitrogens is 2. The van der Waals surface area contributed by atoms with Crippen molar-refractivity contribution < 1.29 is 28.9 Å². The molecule has 0 radical (unpaired) electrons. The highest BCUT2D eigenvalue weighted by atomic mass is 16.5. The molecular formula is C39H38N4O6. The van der Waals surface area contributed by atoms with Gasteiger partial charge < -0.3 is 29.5 Å². The monoisotopic (exact) mass is 658 g/mol. The van der Waals surface area contributed by atoms with Gasteiger partial charge in [0.1, 0.15) is 17.2 Å². The van der Waals surface area contributed by atoms with Crippen LogP contribution in [0.3, 0.4) is 0 Å². The minimum absolute atomic E-state index is 0.00502. The molecule has 49 heavy (non-hydrogen) atoms. The summed E-state index contributed by atoms with van der Waals surface area (Å²) in [7, 11) is 1.57. The molecular weight excluding hydrogens is 620 g/mol. The zero-order valence-corrected chi connectivity index (χ0v) is 27.7. The fourth-order valence-electron chi connectivity index (χ4n) is 6.72. The molecule has 0 fully saturated rings. The number of carbonyl (C=O) groups is 2. The highest BCUT2D eigenvalue weighted by molar-refractivity contribution is 5.97. The van der Waals surface area contributed by atoms with Crippen molar-refractivity contribution in [2.45, 2.75) is 39.2 Å². The fraction of sp³-hybridized carbons (Fsp3) is 0.256. The van der Waals surface area contributed by atoms with Crippen LogP contribution in [0.1, 0.15) is 56.5 Å². The zero-order chi connectivity index (χ0) is 34.1.